The molecule has 130 valence electrons. The third kappa shape index (κ3) is 3.36. The van der Waals surface area contributed by atoms with Crippen LogP contribution in [0.3, 0.4) is 0 Å². The largest absolute Gasteiger partial charge is 0.465 e. The SMILES string of the molecule is COC(=O)c1ccc(C(=O)OC(C)N2c3ccccc3CC2C)cc1. The van der Waals surface area contributed by atoms with E-state index in [-0.39, 0.29) is 12.3 Å². The Hall–Kier alpha value is -2.82. The Morgan fingerprint density at radius 1 is 1.04 bits per heavy atom. The molecule has 2 aromatic rings. The third-order valence-corrected chi connectivity index (χ3v) is 4.47. The molecule has 5 nitrogen and oxygen atoms in total. The number of hydrogen-bond acceptors (Lipinski definition) is 5. The summed E-state index contributed by atoms with van der Waals surface area (Å²) >= 11 is 0. The lowest BCUT2D eigenvalue weighted by molar-refractivity contribution is 0.0324. The van der Waals surface area contributed by atoms with E-state index in [2.05, 4.69) is 22.6 Å². The molecule has 0 bridgehead atoms. The first kappa shape index (κ1) is 17.0. The van der Waals surface area contributed by atoms with Crippen molar-refractivity contribution in [2.75, 3.05) is 12.0 Å². The zero-order valence-corrected chi connectivity index (χ0v) is 14.6. The van der Waals surface area contributed by atoms with Crippen LogP contribution in [0.25, 0.3) is 0 Å². The summed E-state index contributed by atoms with van der Waals surface area (Å²) in [5.41, 5.74) is 3.17. The van der Waals surface area contributed by atoms with E-state index >= 15 is 0 Å². The van der Waals surface area contributed by atoms with E-state index < -0.39 is 11.9 Å². The summed E-state index contributed by atoms with van der Waals surface area (Å²) in [6.45, 7) is 3.99. The van der Waals surface area contributed by atoms with Gasteiger partial charge in [0.15, 0.2) is 6.23 Å². The van der Waals surface area contributed by atoms with Gasteiger partial charge in [-0.15, -0.1) is 0 Å². The molecule has 0 aliphatic carbocycles. The minimum atomic E-state index is -0.434. The van der Waals surface area contributed by atoms with E-state index in [0.29, 0.717) is 11.1 Å². The van der Waals surface area contributed by atoms with E-state index in [1.807, 2.05) is 25.1 Å². The summed E-state index contributed by atoms with van der Waals surface area (Å²) in [4.78, 5) is 26.0. The monoisotopic (exact) mass is 339 g/mol. The highest BCUT2D eigenvalue weighted by Crippen LogP contribution is 2.33. The fraction of sp³-hybridized carbons (Fsp3) is 0.300. The smallest absolute Gasteiger partial charge is 0.340 e. The lowest BCUT2D eigenvalue weighted by atomic mass is 10.1. The summed E-state index contributed by atoms with van der Waals surface area (Å²) in [6, 6.07) is 14.7. The van der Waals surface area contributed by atoms with Crippen LogP contribution in [0.1, 0.15) is 40.1 Å². The van der Waals surface area contributed by atoms with Gasteiger partial charge in [-0.25, -0.2) is 9.59 Å². The van der Waals surface area contributed by atoms with Crippen molar-refractivity contribution in [3.63, 3.8) is 0 Å². The number of para-hydroxylation sites is 1. The molecule has 2 atom stereocenters. The fourth-order valence-electron chi connectivity index (χ4n) is 3.28. The molecular formula is C20H21NO4. The number of ether oxygens (including phenoxy) is 2. The molecule has 0 fully saturated rings. The normalized spacial score (nSPS) is 16.9. The molecule has 0 amide bonds. The Labute approximate surface area is 147 Å². The molecule has 5 heteroatoms. The first-order chi connectivity index (χ1) is 12.0. The first-order valence-electron chi connectivity index (χ1n) is 8.27. The highest BCUT2D eigenvalue weighted by molar-refractivity contribution is 5.93. The van der Waals surface area contributed by atoms with Crippen molar-refractivity contribution < 1.29 is 19.1 Å². The van der Waals surface area contributed by atoms with Gasteiger partial charge < -0.3 is 14.4 Å². The second-order valence-electron chi connectivity index (χ2n) is 6.16. The van der Waals surface area contributed by atoms with Gasteiger partial charge in [-0.2, -0.15) is 0 Å². The number of esters is 2. The molecule has 1 heterocycles. The number of carbonyl (C=O) groups is 2. The van der Waals surface area contributed by atoms with Gasteiger partial charge in [0.05, 0.1) is 18.2 Å². The number of rotatable bonds is 4. The lowest BCUT2D eigenvalue weighted by Crippen LogP contribution is -2.40. The summed E-state index contributed by atoms with van der Waals surface area (Å²) in [5, 5.41) is 0. The summed E-state index contributed by atoms with van der Waals surface area (Å²) in [5.74, 6) is -0.851. The van der Waals surface area contributed by atoms with Crippen molar-refractivity contribution >= 4 is 17.6 Å². The average Bonchev–Trinajstić information content (AvgIpc) is 2.96. The molecule has 2 aromatic carbocycles. The molecule has 1 aliphatic rings. The van der Waals surface area contributed by atoms with Crippen molar-refractivity contribution in [2.24, 2.45) is 0 Å². The number of hydrogen-bond donors (Lipinski definition) is 0. The average molecular weight is 339 g/mol. The Bertz CT molecular complexity index is 785. The molecule has 3 rings (SSSR count). The minimum absolute atomic E-state index is 0.266. The van der Waals surface area contributed by atoms with Crippen LogP contribution >= 0.6 is 0 Å². The summed E-state index contributed by atoms with van der Waals surface area (Å²) in [7, 11) is 1.32. The molecule has 0 saturated heterocycles. The maximum absolute atomic E-state index is 12.4. The zero-order valence-electron chi connectivity index (χ0n) is 14.6. The van der Waals surface area contributed by atoms with E-state index in [1.54, 1.807) is 24.3 Å². The second kappa shape index (κ2) is 6.97. The second-order valence-corrected chi connectivity index (χ2v) is 6.16. The van der Waals surface area contributed by atoms with Crippen LogP contribution in [-0.4, -0.2) is 31.3 Å². The van der Waals surface area contributed by atoms with Crippen LogP contribution in [0.4, 0.5) is 5.69 Å². The molecule has 0 saturated carbocycles. The van der Waals surface area contributed by atoms with Crippen molar-refractivity contribution in [3.05, 3.63) is 65.2 Å². The Morgan fingerprint density at radius 3 is 2.28 bits per heavy atom. The number of anilines is 1. The Balaban J connectivity index is 1.72. The standard InChI is InChI=1S/C20H21NO4/c1-13-12-17-6-4-5-7-18(17)21(13)14(2)25-20(23)16-10-8-15(9-11-16)19(22)24-3/h4-11,13-14H,12H2,1-3H3. The van der Waals surface area contributed by atoms with Crippen molar-refractivity contribution in [3.8, 4) is 0 Å². The zero-order chi connectivity index (χ0) is 18.0. The Morgan fingerprint density at radius 2 is 1.64 bits per heavy atom. The van der Waals surface area contributed by atoms with Gasteiger partial charge in [0.25, 0.3) is 0 Å². The van der Waals surface area contributed by atoms with Crippen molar-refractivity contribution in [1.82, 2.24) is 0 Å². The van der Waals surface area contributed by atoms with Crippen molar-refractivity contribution in [2.45, 2.75) is 32.5 Å². The van der Waals surface area contributed by atoms with Crippen LogP contribution in [0.15, 0.2) is 48.5 Å². The molecule has 0 spiro atoms. The number of methoxy groups -OCH3 is 1. The molecule has 0 radical (unpaired) electrons. The molecule has 1 aliphatic heterocycles. The maximum atomic E-state index is 12.4. The summed E-state index contributed by atoms with van der Waals surface area (Å²) in [6.07, 6.45) is 0.553. The minimum Gasteiger partial charge on any atom is -0.465 e. The lowest BCUT2D eigenvalue weighted by Gasteiger charge is -2.31. The quantitative estimate of drug-likeness (QED) is 0.799. The fourth-order valence-corrected chi connectivity index (χ4v) is 3.28. The highest BCUT2D eigenvalue weighted by Gasteiger charge is 2.31. The number of fused-ring (bicyclic) bond motifs is 1. The molecule has 2 unspecified atom stereocenters. The maximum Gasteiger partial charge on any atom is 0.340 e. The van der Waals surface area contributed by atoms with Crippen molar-refractivity contribution in [1.29, 1.82) is 0 Å². The van der Waals surface area contributed by atoms with Gasteiger partial charge >= 0.3 is 11.9 Å². The van der Waals surface area contributed by atoms with Gasteiger partial charge in [-0.3, -0.25) is 0 Å². The summed E-state index contributed by atoms with van der Waals surface area (Å²) < 4.78 is 10.3. The number of carbonyl (C=O) groups excluding carboxylic acids is 2. The van der Waals surface area contributed by atoms with E-state index in [1.165, 1.54) is 12.7 Å². The first-order valence-corrected chi connectivity index (χ1v) is 8.27. The van der Waals surface area contributed by atoms with Crippen LogP contribution < -0.4 is 4.90 Å². The number of nitrogens with zero attached hydrogens (tertiary/aromatic N) is 1. The molecule has 0 N–H and O–H groups in total. The molecular weight excluding hydrogens is 318 g/mol. The molecule has 0 aromatic heterocycles. The Kier molecular flexibility index (Phi) is 4.74. The number of benzene rings is 2. The van der Waals surface area contributed by atoms with Crippen LogP contribution in [0.5, 0.6) is 0 Å². The van der Waals surface area contributed by atoms with Crippen LogP contribution in [0, 0.1) is 0 Å². The van der Waals surface area contributed by atoms with Gasteiger partial charge in [0.1, 0.15) is 0 Å². The van der Waals surface area contributed by atoms with Gasteiger partial charge in [-0.05, 0) is 56.2 Å². The van der Waals surface area contributed by atoms with Gasteiger partial charge in [-0.1, -0.05) is 18.2 Å². The topological polar surface area (TPSA) is 55.8 Å². The van der Waals surface area contributed by atoms with Crippen LogP contribution in [0.2, 0.25) is 0 Å². The van der Waals surface area contributed by atoms with E-state index in [0.717, 1.165) is 12.1 Å². The predicted molar refractivity (Wildman–Crippen MR) is 94.7 cm³/mol. The van der Waals surface area contributed by atoms with Gasteiger partial charge in [0, 0.05) is 11.7 Å². The van der Waals surface area contributed by atoms with E-state index in [9.17, 15) is 9.59 Å². The highest BCUT2D eigenvalue weighted by atomic mass is 16.6. The molecule has 25 heavy (non-hydrogen) atoms. The van der Waals surface area contributed by atoms with Gasteiger partial charge in [0.2, 0.25) is 0 Å². The van der Waals surface area contributed by atoms with E-state index in [4.69, 9.17) is 4.74 Å². The third-order valence-electron chi connectivity index (χ3n) is 4.47. The predicted octanol–water partition coefficient (Wildman–Crippen LogP) is 3.43. The van der Waals surface area contributed by atoms with Crippen LogP contribution in [-0.2, 0) is 15.9 Å².